The maximum atomic E-state index is 12.3. The molecule has 0 unspecified atom stereocenters. The Balaban J connectivity index is 1.68. The number of fused-ring (bicyclic) bond motifs is 1. The highest BCUT2D eigenvalue weighted by molar-refractivity contribution is 7.19. The van der Waals surface area contributed by atoms with E-state index in [1.54, 1.807) is 4.52 Å². The summed E-state index contributed by atoms with van der Waals surface area (Å²) in [4.78, 5) is 0.615. The minimum absolute atomic E-state index is 0.273. The van der Waals surface area contributed by atoms with Crippen molar-refractivity contribution in [2.45, 2.75) is 25.6 Å². The Morgan fingerprint density at radius 1 is 0.929 bits per heavy atom. The van der Waals surface area contributed by atoms with Crippen LogP contribution in [0.4, 0.5) is 13.2 Å². The SMILES string of the molecule is CC(C)(c1ccccc1)c1nnc2sc(-c3ccc(OC(F)(F)F)cc3)nn12. The van der Waals surface area contributed by atoms with Gasteiger partial charge in [-0.25, -0.2) is 0 Å². The maximum absolute atomic E-state index is 12.3. The van der Waals surface area contributed by atoms with E-state index >= 15 is 0 Å². The van der Waals surface area contributed by atoms with Crippen LogP contribution in [0.1, 0.15) is 25.2 Å². The second kappa shape index (κ2) is 6.59. The Bertz CT molecular complexity index is 1100. The van der Waals surface area contributed by atoms with Gasteiger partial charge in [0.05, 0.1) is 5.41 Å². The number of halogens is 3. The van der Waals surface area contributed by atoms with E-state index in [1.807, 2.05) is 44.2 Å². The predicted octanol–water partition coefficient (Wildman–Crippen LogP) is 5.08. The lowest BCUT2D eigenvalue weighted by molar-refractivity contribution is -0.274. The third-order valence-corrected chi connectivity index (χ3v) is 5.33. The Morgan fingerprint density at radius 2 is 1.61 bits per heavy atom. The first-order valence-corrected chi connectivity index (χ1v) is 9.20. The number of rotatable bonds is 4. The summed E-state index contributed by atoms with van der Waals surface area (Å²) < 4.78 is 42.5. The summed E-state index contributed by atoms with van der Waals surface area (Å²) in [7, 11) is 0. The van der Waals surface area contributed by atoms with Gasteiger partial charge in [-0.2, -0.15) is 9.61 Å². The molecule has 0 aliphatic rings. The Morgan fingerprint density at radius 3 is 2.25 bits per heavy atom. The molecule has 0 bridgehead atoms. The molecule has 2 aromatic heterocycles. The highest BCUT2D eigenvalue weighted by Gasteiger charge is 2.32. The van der Waals surface area contributed by atoms with Gasteiger partial charge in [-0.3, -0.25) is 0 Å². The Kier molecular flexibility index (Phi) is 4.34. The fourth-order valence-electron chi connectivity index (χ4n) is 2.91. The van der Waals surface area contributed by atoms with E-state index in [-0.39, 0.29) is 5.75 Å². The van der Waals surface area contributed by atoms with Crippen molar-refractivity contribution in [3.8, 4) is 16.3 Å². The molecule has 4 aromatic rings. The third kappa shape index (κ3) is 3.45. The molecule has 0 fully saturated rings. The van der Waals surface area contributed by atoms with Crippen molar-refractivity contribution < 1.29 is 17.9 Å². The molecule has 0 amide bonds. The summed E-state index contributed by atoms with van der Waals surface area (Å²) in [5, 5.41) is 13.7. The molecular formula is C19H15F3N4OS. The molecular weight excluding hydrogens is 389 g/mol. The average Bonchev–Trinajstić information content (AvgIpc) is 3.22. The van der Waals surface area contributed by atoms with Gasteiger partial charge in [0.1, 0.15) is 10.8 Å². The molecule has 0 aliphatic heterocycles. The van der Waals surface area contributed by atoms with E-state index < -0.39 is 11.8 Å². The molecule has 0 saturated carbocycles. The smallest absolute Gasteiger partial charge is 0.406 e. The van der Waals surface area contributed by atoms with Crippen molar-refractivity contribution in [3.63, 3.8) is 0 Å². The third-order valence-electron chi connectivity index (χ3n) is 4.38. The van der Waals surface area contributed by atoms with E-state index in [2.05, 4.69) is 20.0 Å². The minimum Gasteiger partial charge on any atom is -0.406 e. The molecule has 4 rings (SSSR count). The van der Waals surface area contributed by atoms with E-state index in [1.165, 1.54) is 35.6 Å². The number of ether oxygens (including phenoxy) is 1. The zero-order valence-corrected chi connectivity index (χ0v) is 15.8. The van der Waals surface area contributed by atoms with Gasteiger partial charge < -0.3 is 4.74 Å². The minimum atomic E-state index is -4.72. The summed E-state index contributed by atoms with van der Waals surface area (Å²) in [5.74, 6) is 0.415. The standard InChI is InChI=1S/C19H15F3N4OS/c1-18(2,13-6-4-3-5-7-13)16-23-24-17-26(16)25-15(28-17)12-8-10-14(11-9-12)27-19(20,21)22/h3-11H,1-2H3. The van der Waals surface area contributed by atoms with E-state index in [4.69, 9.17) is 0 Å². The predicted molar refractivity (Wildman–Crippen MR) is 99.3 cm³/mol. The quantitative estimate of drug-likeness (QED) is 0.476. The van der Waals surface area contributed by atoms with Gasteiger partial charge in [-0.05, 0) is 43.7 Å². The number of alkyl halides is 3. The molecule has 28 heavy (non-hydrogen) atoms. The van der Waals surface area contributed by atoms with Crippen molar-refractivity contribution in [3.05, 3.63) is 66.0 Å². The Labute approximate surface area is 162 Å². The zero-order valence-electron chi connectivity index (χ0n) is 14.9. The normalized spacial score (nSPS) is 12.5. The van der Waals surface area contributed by atoms with Crippen molar-refractivity contribution in [2.24, 2.45) is 0 Å². The summed E-state index contributed by atoms with van der Waals surface area (Å²) in [6, 6.07) is 15.5. The van der Waals surface area contributed by atoms with Crippen LogP contribution in [0.15, 0.2) is 54.6 Å². The molecule has 144 valence electrons. The molecule has 0 atom stereocenters. The van der Waals surface area contributed by atoms with Crippen molar-refractivity contribution >= 4 is 16.3 Å². The molecule has 9 heteroatoms. The molecule has 2 heterocycles. The van der Waals surface area contributed by atoms with Gasteiger partial charge >= 0.3 is 6.36 Å². The summed E-state index contributed by atoms with van der Waals surface area (Å²) in [6.07, 6.45) is -4.72. The molecule has 0 N–H and O–H groups in total. The van der Waals surface area contributed by atoms with Gasteiger partial charge in [-0.15, -0.1) is 23.4 Å². The average molecular weight is 404 g/mol. The second-order valence-electron chi connectivity index (χ2n) is 6.69. The molecule has 0 saturated heterocycles. The fraction of sp³-hybridized carbons (Fsp3) is 0.211. The van der Waals surface area contributed by atoms with Crippen LogP contribution in [-0.4, -0.2) is 26.2 Å². The fourth-order valence-corrected chi connectivity index (χ4v) is 3.75. The molecule has 0 spiro atoms. The van der Waals surface area contributed by atoms with E-state index in [0.717, 1.165) is 5.56 Å². The van der Waals surface area contributed by atoms with Crippen molar-refractivity contribution in [2.75, 3.05) is 0 Å². The van der Waals surface area contributed by atoms with Gasteiger partial charge in [0.2, 0.25) is 4.96 Å². The van der Waals surface area contributed by atoms with Crippen LogP contribution >= 0.6 is 11.3 Å². The summed E-state index contributed by atoms with van der Waals surface area (Å²) >= 11 is 1.32. The van der Waals surface area contributed by atoms with Crippen LogP contribution in [0.5, 0.6) is 5.75 Å². The number of benzene rings is 2. The lowest BCUT2D eigenvalue weighted by atomic mass is 9.84. The first kappa shape index (κ1) is 18.4. The van der Waals surface area contributed by atoms with Crippen molar-refractivity contribution in [1.29, 1.82) is 0 Å². The number of hydrogen-bond acceptors (Lipinski definition) is 5. The second-order valence-corrected chi connectivity index (χ2v) is 7.64. The largest absolute Gasteiger partial charge is 0.573 e. The molecule has 0 radical (unpaired) electrons. The van der Waals surface area contributed by atoms with Gasteiger partial charge in [0.25, 0.3) is 0 Å². The highest BCUT2D eigenvalue weighted by atomic mass is 32.1. The van der Waals surface area contributed by atoms with Crippen LogP contribution in [0, 0.1) is 0 Å². The van der Waals surface area contributed by atoms with Crippen LogP contribution in [0.25, 0.3) is 15.5 Å². The topological polar surface area (TPSA) is 52.3 Å². The van der Waals surface area contributed by atoms with Crippen LogP contribution in [-0.2, 0) is 5.41 Å². The van der Waals surface area contributed by atoms with Gasteiger partial charge in [0.15, 0.2) is 5.82 Å². The first-order chi connectivity index (χ1) is 13.2. The van der Waals surface area contributed by atoms with Crippen LogP contribution in [0.2, 0.25) is 0 Å². The van der Waals surface area contributed by atoms with E-state index in [0.29, 0.717) is 21.4 Å². The van der Waals surface area contributed by atoms with Gasteiger partial charge in [0, 0.05) is 5.56 Å². The van der Waals surface area contributed by atoms with Crippen LogP contribution < -0.4 is 4.74 Å². The first-order valence-electron chi connectivity index (χ1n) is 8.38. The van der Waals surface area contributed by atoms with Crippen LogP contribution in [0.3, 0.4) is 0 Å². The number of aromatic nitrogens is 4. The highest BCUT2D eigenvalue weighted by Crippen LogP contribution is 2.33. The number of nitrogens with zero attached hydrogens (tertiary/aromatic N) is 4. The Hall–Kier alpha value is -2.94. The van der Waals surface area contributed by atoms with E-state index in [9.17, 15) is 13.2 Å². The van der Waals surface area contributed by atoms with Gasteiger partial charge in [-0.1, -0.05) is 41.7 Å². The molecule has 0 aliphatic carbocycles. The maximum Gasteiger partial charge on any atom is 0.573 e. The molecule has 2 aromatic carbocycles. The number of hydrogen-bond donors (Lipinski definition) is 0. The lowest BCUT2D eigenvalue weighted by Gasteiger charge is -2.22. The zero-order chi connectivity index (χ0) is 19.9. The molecule has 5 nitrogen and oxygen atoms in total. The monoisotopic (exact) mass is 404 g/mol. The summed E-state index contributed by atoms with van der Waals surface area (Å²) in [5.41, 5.74) is 1.33. The summed E-state index contributed by atoms with van der Waals surface area (Å²) in [6.45, 7) is 4.09. The van der Waals surface area contributed by atoms with Crippen molar-refractivity contribution in [1.82, 2.24) is 19.8 Å². The lowest BCUT2D eigenvalue weighted by Crippen LogP contribution is -2.22.